The van der Waals surface area contributed by atoms with Gasteiger partial charge in [0.25, 0.3) is 0 Å². The summed E-state index contributed by atoms with van der Waals surface area (Å²) in [4.78, 5) is 41.4. The lowest BCUT2D eigenvalue weighted by atomic mass is 10.1. The average Bonchev–Trinajstić information content (AvgIpc) is 3.25. The van der Waals surface area contributed by atoms with Gasteiger partial charge in [0, 0.05) is 52.4 Å². The number of halogens is 1. The van der Waals surface area contributed by atoms with Crippen LogP contribution in [-0.4, -0.2) is 57.9 Å². The number of nitrogens with one attached hydrogen (secondary N) is 8. The zero-order valence-electron chi connectivity index (χ0n) is 34.2. The Balaban J connectivity index is 1.15. The molecule has 0 unspecified atom stereocenters. The van der Waals surface area contributed by atoms with E-state index in [-0.39, 0.29) is 5.28 Å². The van der Waals surface area contributed by atoms with E-state index in [1.807, 2.05) is 30.3 Å². The molecule has 12 bridgehead atoms. The minimum Gasteiger partial charge on any atom is -0.354 e. The van der Waals surface area contributed by atoms with Crippen LogP contribution in [0.2, 0.25) is 5.28 Å². The first-order valence-electron chi connectivity index (χ1n) is 20.4. The van der Waals surface area contributed by atoms with Crippen LogP contribution in [0.5, 0.6) is 0 Å². The first-order valence-corrected chi connectivity index (χ1v) is 20.8. The summed E-state index contributed by atoms with van der Waals surface area (Å²) in [5.74, 6) is 3.99. The summed E-state index contributed by atoms with van der Waals surface area (Å²) >= 11 is 6.34. The molecule has 0 radical (unpaired) electrons. The summed E-state index contributed by atoms with van der Waals surface area (Å²) in [5, 5.41) is 27.0. The first kappa shape index (κ1) is 41.5. The number of nitrogens with zero attached hydrogens (tertiary/aromatic N) is 9. The van der Waals surface area contributed by atoms with Gasteiger partial charge in [-0.05, 0) is 57.3 Å². The fraction of sp³-hybridized carbons (Fsp3) is 0.357. The molecule has 6 aromatic rings. The van der Waals surface area contributed by atoms with Gasteiger partial charge in [0.2, 0.25) is 52.9 Å². The summed E-state index contributed by atoms with van der Waals surface area (Å²) in [6, 6.07) is 24.7. The monoisotopic (exact) mass is 829 g/mol. The second kappa shape index (κ2) is 20.9. The molecule has 0 saturated carbocycles. The maximum absolute atomic E-state index is 6.34. The zero-order valence-corrected chi connectivity index (χ0v) is 34.9. The van der Waals surface area contributed by atoms with Gasteiger partial charge in [0.1, 0.15) is 0 Å². The predicted molar refractivity (Wildman–Crippen MR) is 239 cm³/mol. The van der Waals surface area contributed by atoms with Gasteiger partial charge in [0.05, 0.1) is 0 Å². The van der Waals surface area contributed by atoms with Gasteiger partial charge in [-0.2, -0.15) is 44.9 Å². The Labute approximate surface area is 355 Å². The lowest BCUT2D eigenvalue weighted by molar-refractivity contribution is 0.684. The highest BCUT2D eigenvalue weighted by Crippen LogP contribution is 2.18. The van der Waals surface area contributed by atoms with Crippen molar-refractivity contribution in [2.45, 2.75) is 79.3 Å². The minimum absolute atomic E-state index is 0.0870. The molecule has 17 nitrogen and oxygen atoms in total. The summed E-state index contributed by atoms with van der Waals surface area (Å²) in [7, 11) is 0. The van der Waals surface area contributed by atoms with Crippen molar-refractivity contribution in [3.63, 3.8) is 0 Å². The van der Waals surface area contributed by atoms with E-state index in [1.54, 1.807) is 0 Å². The van der Waals surface area contributed by atoms with Crippen LogP contribution in [-0.2, 0) is 39.3 Å². The van der Waals surface area contributed by atoms with Crippen molar-refractivity contribution in [1.82, 2.24) is 44.9 Å². The number of unbranched alkanes of at least 4 members (excludes halogenated alkanes) is 2. The van der Waals surface area contributed by atoms with Gasteiger partial charge < -0.3 is 42.5 Å². The van der Waals surface area contributed by atoms with Crippen molar-refractivity contribution in [2.75, 3.05) is 55.6 Å². The van der Waals surface area contributed by atoms with Crippen LogP contribution in [0.3, 0.4) is 0 Å². The second-order valence-corrected chi connectivity index (χ2v) is 15.2. The second-order valence-electron chi connectivity index (χ2n) is 14.9. The number of aromatic nitrogens is 9. The van der Waals surface area contributed by atoms with Gasteiger partial charge in [-0.15, -0.1) is 0 Å². The molecule has 3 aromatic heterocycles. The van der Waals surface area contributed by atoms with Crippen molar-refractivity contribution < 1.29 is 0 Å². The van der Waals surface area contributed by atoms with Crippen LogP contribution in [0, 0.1) is 5.92 Å². The summed E-state index contributed by atoms with van der Waals surface area (Å²) in [5.41, 5.74) is 6.31. The standard InChI is InChI=1S/C42H52ClN17/c1-4-5-6-16-44-35-54-39-48-23-30-12-7-10-28(17-30)21-46-36-52-34(43)53-37(56-36)47-22-29-11-8-13-31(18-29)25-50-41-57-38(45-20-27(2)3)58-42(60-41)51-26-33-15-9-14-32(19-33)24-49-40(55-35)59-39/h7-15,17-19,27H,4-6,16,20-26H2,1-3H3,(H2,46,47,52,53,56)(H3,44,48,49,54,55,59)(H3,45,50,51,57,58,60). The van der Waals surface area contributed by atoms with Gasteiger partial charge in [0.15, 0.2) is 0 Å². The number of hydrogen-bond acceptors (Lipinski definition) is 17. The molecule has 0 amide bonds. The summed E-state index contributed by atoms with van der Waals surface area (Å²) in [6.07, 6.45) is 3.28. The third-order valence-electron chi connectivity index (χ3n) is 9.29. The maximum atomic E-state index is 6.34. The van der Waals surface area contributed by atoms with Gasteiger partial charge in [-0.3, -0.25) is 0 Å². The Hall–Kier alpha value is -6.62. The van der Waals surface area contributed by atoms with E-state index in [9.17, 15) is 0 Å². The lowest BCUT2D eigenvalue weighted by Crippen LogP contribution is -2.15. The summed E-state index contributed by atoms with van der Waals surface area (Å²) < 4.78 is 0. The Bertz CT molecular complexity index is 2320. The first-order chi connectivity index (χ1) is 29.3. The van der Waals surface area contributed by atoms with Crippen molar-refractivity contribution in [1.29, 1.82) is 0 Å². The highest BCUT2D eigenvalue weighted by molar-refractivity contribution is 6.28. The Morgan fingerprint density at radius 1 is 0.483 bits per heavy atom. The molecule has 312 valence electrons. The molecule has 0 saturated heterocycles. The molecule has 60 heavy (non-hydrogen) atoms. The highest BCUT2D eigenvalue weighted by Gasteiger charge is 2.12. The van der Waals surface area contributed by atoms with Crippen molar-refractivity contribution >= 4 is 59.2 Å². The smallest absolute Gasteiger partial charge is 0.229 e. The molecule has 1 aliphatic rings. The van der Waals surface area contributed by atoms with E-state index in [0.29, 0.717) is 92.8 Å². The van der Waals surface area contributed by atoms with Crippen molar-refractivity contribution in [3.8, 4) is 0 Å². The molecular weight excluding hydrogens is 778 g/mol. The molecule has 0 spiro atoms. The number of hydrogen-bond donors (Lipinski definition) is 8. The van der Waals surface area contributed by atoms with Crippen LogP contribution < -0.4 is 42.5 Å². The number of benzene rings is 3. The van der Waals surface area contributed by atoms with Gasteiger partial charge in [-0.1, -0.05) is 106 Å². The number of anilines is 8. The molecule has 7 rings (SSSR count). The fourth-order valence-corrected chi connectivity index (χ4v) is 6.40. The van der Waals surface area contributed by atoms with E-state index in [1.165, 1.54) is 0 Å². The third kappa shape index (κ3) is 12.9. The molecule has 0 atom stereocenters. The predicted octanol–water partition coefficient (Wildman–Crippen LogP) is 7.55. The number of rotatable bonds is 8. The normalized spacial score (nSPS) is 13.2. The van der Waals surface area contributed by atoms with E-state index >= 15 is 0 Å². The van der Waals surface area contributed by atoms with E-state index in [4.69, 9.17) is 26.6 Å². The van der Waals surface area contributed by atoms with E-state index in [0.717, 1.165) is 65.7 Å². The topological polar surface area (TPSA) is 212 Å². The highest BCUT2D eigenvalue weighted by atomic mass is 35.5. The fourth-order valence-electron chi connectivity index (χ4n) is 6.24. The Kier molecular flexibility index (Phi) is 14.5. The molecule has 0 aliphatic carbocycles. The van der Waals surface area contributed by atoms with Crippen molar-refractivity contribution in [2.24, 2.45) is 5.92 Å². The van der Waals surface area contributed by atoms with Crippen LogP contribution in [0.25, 0.3) is 0 Å². The molecule has 8 N–H and O–H groups in total. The third-order valence-corrected chi connectivity index (χ3v) is 9.46. The van der Waals surface area contributed by atoms with Crippen LogP contribution in [0.15, 0.2) is 72.8 Å². The SMILES string of the molecule is CCCCCNc1nc2nc(n1)NCc1cccc(c1)CNc1nc(nc(NCC(C)C)n1)NCc1cccc(c1)CNc1nc(Cl)nc(n1)NCc1cccc(c1)CN2. The van der Waals surface area contributed by atoms with E-state index < -0.39 is 0 Å². The maximum Gasteiger partial charge on any atom is 0.229 e. The molecule has 3 aromatic carbocycles. The van der Waals surface area contributed by atoms with Crippen LogP contribution in [0.4, 0.5) is 47.6 Å². The van der Waals surface area contributed by atoms with Crippen LogP contribution in [0.1, 0.15) is 73.4 Å². The Morgan fingerprint density at radius 2 is 0.817 bits per heavy atom. The molecular formula is C42H52ClN17. The average molecular weight is 830 g/mol. The van der Waals surface area contributed by atoms with Gasteiger partial charge >= 0.3 is 0 Å². The zero-order chi connectivity index (χ0) is 41.5. The quantitative estimate of drug-likeness (QED) is 0.0696. The molecule has 18 heteroatoms. The molecule has 4 heterocycles. The summed E-state index contributed by atoms with van der Waals surface area (Å²) in [6.45, 7) is 10.9. The molecule has 0 fully saturated rings. The van der Waals surface area contributed by atoms with Gasteiger partial charge in [-0.25, -0.2) is 0 Å². The molecule has 1 aliphatic heterocycles. The van der Waals surface area contributed by atoms with Crippen LogP contribution >= 0.6 is 11.6 Å². The van der Waals surface area contributed by atoms with Crippen molar-refractivity contribution in [3.05, 3.63) is 111 Å². The Morgan fingerprint density at radius 3 is 1.15 bits per heavy atom. The number of fused-ring (bicyclic) bond motifs is 12. The largest absolute Gasteiger partial charge is 0.354 e. The lowest BCUT2D eigenvalue weighted by Gasteiger charge is -2.14. The van der Waals surface area contributed by atoms with E-state index in [2.05, 4.69) is 136 Å². The minimum atomic E-state index is 0.0870.